The number of carbonyl (C=O) groups is 2. The lowest BCUT2D eigenvalue weighted by atomic mass is 10.1. The van der Waals surface area contributed by atoms with Gasteiger partial charge in [0.2, 0.25) is 21.8 Å². The zero-order valence-corrected chi connectivity index (χ0v) is 25.2. The highest BCUT2D eigenvalue weighted by Gasteiger charge is 2.29. The standard InChI is InChI=1S/C28H39Cl2N3O4S/c1-6-8-13-31-28(35)26(7-2)32(19-22-11-12-24(29)25(30)18-22)27(34)10-9-14-33(38(5,36)37)23-16-20(3)15-21(4)17-23/h11-12,15-18,26H,6-10,13-14,19H2,1-5H3,(H,31,35). The van der Waals surface area contributed by atoms with E-state index in [0.29, 0.717) is 35.1 Å². The smallest absolute Gasteiger partial charge is 0.242 e. The quantitative estimate of drug-likeness (QED) is 0.281. The van der Waals surface area contributed by atoms with Crippen LogP contribution in [0.25, 0.3) is 0 Å². The van der Waals surface area contributed by atoms with Crippen LogP contribution < -0.4 is 9.62 Å². The third kappa shape index (κ3) is 9.47. The van der Waals surface area contributed by atoms with Crippen LogP contribution in [0.2, 0.25) is 10.0 Å². The third-order valence-electron chi connectivity index (χ3n) is 6.20. The van der Waals surface area contributed by atoms with Crippen molar-refractivity contribution in [1.29, 1.82) is 0 Å². The van der Waals surface area contributed by atoms with Crippen LogP contribution in [-0.4, -0.2) is 50.5 Å². The van der Waals surface area contributed by atoms with Crippen LogP contribution in [0.1, 0.15) is 62.6 Å². The van der Waals surface area contributed by atoms with E-state index in [9.17, 15) is 18.0 Å². The third-order valence-corrected chi connectivity index (χ3v) is 8.13. The van der Waals surface area contributed by atoms with Gasteiger partial charge in [-0.3, -0.25) is 13.9 Å². The minimum absolute atomic E-state index is 0.0802. The van der Waals surface area contributed by atoms with E-state index in [0.717, 1.165) is 35.8 Å². The van der Waals surface area contributed by atoms with E-state index >= 15 is 0 Å². The Balaban J connectivity index is 2.25. The van der Waals surface area contributed by atoms with Crippen molar-refractivity contribution in [2.75, 3.05) is 23.7 Å². The van der Waals surface area contributed by atoms with Crippen LogP contribution in [0.4, 0.5) is 5.69 Å². The van der Waals surface area contributed by atoms with Gasteiger partial charge >= 0.3 is 0 Å². The predicted octanol–water partition coefficient (Wildman–Crippen LogP) is 5.88. The zero-order chi connectivity index (χ0) is 28.5. The van der Waals surface area contributed by atoms with Crippen LogP contribution in [0, 0.1) is 13.8 Å². The van der Waals surface area contributed by atoms with Gasteiger partial charge in [-0.25, -0.2) is 8.42 Å². The number of hydrogen-bond acceptors (Lipinski definition) is 4. The lowest BCUT2D eigenvalue weighted by Crippen LogP contribution is -2.49. The first-order chi connectivity index (χ1) is 17.9. The van der Waals surface area contributed by atoms with Crippen molar-refractivity contribution in [2.24, 2.45) is 0 Å². The number of carbonyl (C=O) groups excluding carboxylic acids is 2. The van der Waals surface area contributed by atoms with E-state index in [1.807, 2.05) is 45.9 Å². The zero-order valence-electron chi connectivity index (χ0n) is 22.9. The van der Waals surface area contributed by atoms with Gasteiger partial charge in [0.25, 0.3) is 0 Å². The molecule has 0 aliphatic rings. The van der Waals surface area contributed by atoms with E-state index < -0.39 is 16.1 Å². The highest BCUT2D eigenvalue weighted by molar-refractivity contribution is 7.92. The number of nitrogens with one attached hydrogen (secondary N) is 1. The second-order valence-electron chi connectivity index (χ2n) is 9.62. The van der Waals surface area contributed by atoms with E-state index in [-0.39, 0.29) is 31.3 Å². The molecule has 1 unspecified atom stereocenters. The molecule has 210 valence electrons. The number of sulfonamides is 1. The van der Waals surface area contributed by atoms with E-state index in [1.165, 1.54) is 4.31 Å². The minimum Gasteiger partial charge on any atom is -0.354 e. The number of unbranched alkanes of at least 4 members (excludes halogenated alkanes) is 1. The fourth-order valence-corrected chi connectivity index (χ4v) is 5.63. The SMILES string of the molecule is CCCCNC(=O)C(CC)N(Cc1ccc(Cl)c(Cl)c1)C(=O)CCCN(c1cc(C)cc(C)c1)S(C)(=O)=O. The molecule has 2 amide bonds. The van der Waals surface area contributed by atoms with E-state index in [1.54, 1.807) is 23.1 Å². The molecule has 0 saturated heterocycles. The molecule has 0 heterocycles. The average molecular weight is 585 g/mol. The summed E-state index contributed by atoms with van der Waals surface area (Å²) in [5.41, 5.74) is 3.24. The van der Waals surface area contributed by atoms with Gasteiger partial charge in [0, 0.05) is 26.1 Å². The molecule has 10 heteroatoms. The van der Waals surface area contributed by atoms with Gasteiger partial charge < -0.3 is 10.2 Å². The number of aryl methyl sites for hydroxylation is 2. The van der Waals surface area contributed by atoms with Gasteiger partial charge in [-0.15, -0.1) is 0 Å². The normalized spacial score (nSPS) is 12.2. The average Bonchev–Trinajstić information content (AvgIpc) is 2.82. The largest absolute Gasteiger partial charge is 0.354 e. The molecule has 2 aromatic carbocycles. The molecule has 38 heavy (non-hydrogen) atoms. The van der Waals surface area contributed by atoms with Crippen LogP contribution in [0.5, 0.6) is 0 Å². The van der Waals surface area contributed by atoms with Crippen molar-refractivity contribution in [3.8, 4) is 0 Å². The lowest BCUT2D eigenvalue weighted by molar-refractivity contribution is -0.141. The predicted molar refractivity (Wildman–Crippen MR) is 156 cm³/mol. The van der Waals surface area contributed by atoms with Gasteiger partial charge in [-0.05, 0) is 74.1 Å². The number of amides is 2. The molecule has 7 nitrogen and oxygen atoms in total. The summed E-state index contributed by atoms with van der Waals surface area (Å²) in [6.07, 6.45) is 3.77. The summed E-state index contributed by atoms with van der Waals surface area (Å²) in [6, 6.07) is 10.1. The molecule has 0 aromatic heterocycles. The lowest BCUT2D eigenvalue weighted by Gasteiger charge is -2.31. The summed E-state index contributed by atoms with van der Waals surface area (Å²) >= 11 is 12.3. The molecule has 0 saturated carbocycles. The van der Waals surface area contributed by atoms with Crippen molar-refractivity contribution in [3.63, 3.8) is 0 Å². The highest BCUT2D eigenvalue weighted by Crippen LogP contribution is 2.25. The molecular formula is C28H39Cl2N3O4S. The van der Waals surface area contributed by atoms with Gasteiger partial charge in [-0.1, -0.05) is 55.6 Å². The molecule has 0 bridgehead atoms. The summed E-state index contributed by atoms with van der Waals surface area (Å²) in [7, 11) is -3.56. The summed E-state index contributed by atoms with van der Waals surface area (Å²) in [5, 5.41) is 3.71. The summed E-state index contributed by atoms with van der Waals surface area (Å²) in [4.78, 5) is 28.1. The number of anilines is 1. The van der Waals surface area contributed by atoms with E-state index in [4.69, 9.17) is 23.2 Å². The van der Waals surface area contributed by atoms with Crippen LogP contribution in [-0.2, 0) is 26.2 Å². The molecule has 0 fully saturated rings. The number of hydrogen-bond donors (Lipinski definition) is 1. The molecule has 0 aliphatic heterocycles. The summed E-state index contributed by atoms with van der Waals surface area (Å²) in [5.74, 6) is -0.440. The molecule has 0 radical (unpaired) electrons. The first kappa shape index (κ1) is 31.9. The Bertz CT molecular complexity index is 1200. The Morgan fingerprint density at radius 1 is 0.974 bits per heavy atom. The van der Waals surface area contributed by atoms with E-state index in [2.05, 4.69) is 5.32 Å². The van der Waals surface area contributed by atoms with Gasteiger partial charge in [0.1, 0.15) is 6.04 Å². The Morgan fingerprint density at radius 3 is 2.18 bits per heavy atom. The van der Waals surface area contributed by atoms with Crippen molar-refractivity contribution in [3.05, 3.63) is 63.1 Å². The maximum atomic E-state index is 13.5. The fraction of sp³-hybridized carbons (Fsp3) is 0.500. The molecular weight excluding hydrogens is 545 g/mol. The van der Waals surface area contributed by atoms with Crippen LogP contribution in [0.3, 0.4) is 0 Å². The maximum absolute atomic E-state index is 13.5. The maximum Gasteiger partial charge on any atom is 0.242 e. The number of halogens is 2. The van der Waals surface area contributed by atoms with Crippen LogP contribution in [0.15, 0.2) is 36.4 Å². The Labute approximate surface area is 237 Å². The number of rotatable bonds is 14. The minimum atomic E-state index is -3.56. The van der Waals surface area contributed by atoms with Crippen molar-refractivity contribution in [1.82, 2.24) is 10.2 Å². The molecule has 2 aromatic rings. The molecule has 1 N–H and O–H groups in total. The van der Waals surface area contributed by atoms with Crippen molar-refractivity contribution in [2.45, 2.75) is 72.4 Å². The first-order valence-corrected chi connectivity index (χ1v) is 15.5. The highest BCUT2D eigenvalue weighted by atomic mass is 35.5. The Morgan fingerprint density at radius 2 is 1.63 bits per heavy atom. The van der Waals surface area contributed by atoms with Gasteiger partial charge in [0.15, 0.2) is 0 Å². The summed E-state index contributed by atoms with van der Waals surface area (Å²) < 4.78 is 26.5. The van der Waals surface area contributed by atoms with Gasteiger partial charge in [0.05, 0.1) is 22.0 Å². The molecule has 0 spiro atoms. The van der Waals surface area contributed by atoms with Crippen LogP contribution >= 0.6 is 23.2 Å². The monoisotopic (exact) mass is 583 g/mol. The first-order valence-electron chi connectivity index (χ1n) is 12.9. The molecule has 1 atom stereocenters. The van der Waals surface area contributed by atoms with Crippen molar-refractivity contribution >= 4 is 50.7 Å². The topological polar surface area (TPSA) is 86.8 Å². The Hall–Kier alpha value is -2.29. The second kappa shape index (κ2) is 14.8. The fourth-order valence-electron chi connectivity index (χ4n) is 4.36. The second-order valence-corrected chi connectivity index (χ2v) is 12.3. The number of nitrogens with zero attached hydrogens (tertiary/aromatic N) is 2. The Kier molecular flexibility index (Phi) is 12.4. The van der Waals surface area contributed by atoms with Gasteiger partial charge in [-0.2, -0.15) is 0 Å². The molecule has 0 aliphatic carbocycles. The van der Waals surface area contributed by atoms with Crippen molar-refractivity contribution < 1.29 is 18.0 Å². The molecule has 2 rings (SSSR count). The number of benzene rings is 2. The summed E-state index contributed by atoms with van der Waals surface area (Å²) in [6.45, 7) is 8.61.